The molecule has 1 saturated heterocycles. The standard InChI is InChI=1S/C14H18F2N2O/c1-17-14(19)11-4-6-18(7-5-11)9-10-2-3-12(15)13(16)8-10/h2-3,8,11H,4-7,9H2,1H3,(H,17,19). The number of likely N-dealkylation sites (tertiary alicyclic amines) is 1. The van der Waals surface area contributed by atoms with Crippen LogP contribution in [-0.2, 0) is 11.3 Å². The molecule has 1 heterocycles. The van der Waals surface area contributed by atoms with Crippen molar-refractivity contribution >= 4 is 5.91 Å². The van der Waals surface area contributed by atoms with Crippen LogP contribution in [-0.4, -0.2) is 30.9 Å². The number of nitrogens with one attached hydrogen (secondary N) is 1. The summed E-state index contributed by atoms with van der Waals surface area (Å²) in [4.78, 5) is 13.7. The van der Waals surface area contributed by atoms with Crippen LogP contribution in [0.3, 0.4) is 0 Å². The smallest absolute Gasteiger partial charge is 0.222 e. The molecule has 1 aliphatic rings. The lowest BCUT2D eigenvalue weighted by atomic mass is 9.95. The minimum atomic E-state index is -0.818. The van der Waals surface area contributed by atoms with Gasteiger partial charge in [-0.1, -0.05) is 6.07 Å². The summed E-state index contributed by atoms with van der Waals surface area (Å²) in [6.45, 7) is 2.20. The Kier molecular flexibility index (Phi) is 4.47. The molecule has 0 aromatic heterocycles. The lowest BCUT2D eigenvalue weighted by Crippen LogP contribution is -2.39. The fraction of sp³-hybridized carbons (Fsp3) is 0.500. The fourth-order valence-electron chi connectivity index (χ4n) is 2.45. The van der Waals surface area contributed by atoms with Crippen LogP contribution in [0.2, 0.25) is 0 Å². The first-order valence-corrected chi connectivity index (χ1v) is 6.48. The van der Waals surface area contributed by atoms with Crippen molar-refractivity contribution in [1.82, 2.24) is 10.2 Å². The number of rotatable bonds is 3. The van der Waals surface area contributed by atoms with Crippen LogP contribution < -0.4 is 5.32 Å². The predicted octanol–water partition coefficient (Wildman–Crippen LogP) is 1.92. The maximum Gasteiger partial charge on any atom is 0.222 e. The molecule has 5 heteroatoms. The number of carbonyl (C=O) groups is 1. The molecule has 3 nitrogen and oxygen atoms in total. The summed E-state index contributed by atoms with van der Waals surface area (Å²) in [5, 5.41) is 2.66. The van der Waals surface area contributed by atoms with Crippen LogP contribution in [0.1, 0.15) is 18.4 Å². The van der Waals surface area contributed by atoms with Gasteiger partial charge in [0, 0.05) is 19.5 Å². The molecule has 1 N–H and O–H groups in total. The Bertz CT molecular complexity index is 457. The third-order valence-electron chi connectivity index (χ3n) is 3.59. The Morgan fingerprint density at radius 3 is 2.58 bits per heavy atom. The number of benzene rings is 1. The minimum absolute atomic E-state index is 0.0752. The van der Waals surface area contributed by atoms with Gasteiger partial charge in [-0.05, 0) is 43.6 Å². The number of hydrogen-bond donors (Lipinski definition) is 1. The molecular formula is C14H18F2N2O. The molecule has 0 aliphatic carbocycles. The van der Waals surface area contributed by atoms with Crippen molar-refractivity contribution < 1.29 is 13.6 Å². The molecular weight excluding hydrogens is 250 g/mol. The molecule has 1 aliphatic heterocycles. The normalized spacial score (nSPS) is 17.4. The van der Waals surface area contributed by atoms with Crippen LogP contribution >= 0.6 is 0 Å². The minimum Gasteiger partial charge on any atom is -0.359 e. The Balaban J connectivity index is 1.88. The van der Waals surface area contributed by atoms with Gasteiger partial charge in [-0.2, -0.15) is 0 Å². The number of piperidine rings is 1. The zero-order valence-electron chi connectivity index (χ0n) is 11.0. The average molecular weight is 268 g/mol. The topological polar surface area (TPSA) is 32.3 Å². The molecule has 0 unspecified atom stereocenters. The monoisotopic (exact) mass is 268 g/mol. The van der Waals surface area contributed by atoms with Gasteiger partial charge in [-0.25, -0.2) is 8.78 Å². The van der Waals surface area contributed by atoms with Crippen molar-refractivity contribution in [3.8, 4) is 0 Å². The average Bonchev–Trinajstić information content (AvgIpc) is 2.43. The van der Waals surface area contributed by atoms with E-state index in [0.717, 1.165) is 37.6 Å². The largest absolute Gasteiger partial charge is 0.359 e. The highest BCUT2D eigenvalue weighted by Gasteiger charge is 2.24. The number of halogens is 2. The highest BCUT2D eigenvalue weighted by Crippen LogP contribution is 2.19. The molecule has 0 atom stereocenters. The molecule has 0 saturated carbocycles. The van der Waals surface area contributed by atoms with E-state index < -0.39 is 11.6 Å². The van der Waals surface area contributed by atoms with Gasteiger partial charge in [0.2, 0.25) is 5.91 Å². The van der Waals surface area contributed by atoms with Gasteiger partial charge in [0.25, 0.3) is 0 Å². The molecule has 0 bridgehead atoms. The van der Waals surface area contributed by atoms with E-state index >= 15 is 0 Å². The maximum atomic E-state index is 13.1. The highest BCUT2D eigenvalue weighted by atomic mass is 19.2. The van der Waals surface area contributed by atoms with Crippen LogP contribution in [0.5, 0.6) is 0 Å². The molecule has 1 aromatic carbocycles. The Hall–Kier alpha value is -1.49. The zero-order chi connectivity index (χ0) is 13.8. The zero-order valence-corrected chi connectivity index (χ0v) is 11.0. The maximum absolute atomic E-state index is 13.1. The predicted molar refractivity (Wildman–Crippen MR) is 68.4 cm³/mol. The van der Waals surface area contributed by atoms with Gasteiger partial charge in [0.05, 0.1) is 0 Å². The van der Waals surface area contributed by atoms with Crippen molar-refractivity contribution in [3.05, 3.63) is 35.4 Å². The third kappa shape index (κ3) is 3.50. The van der Waals surface area contributed by atoms with Gasteiger partial charge in [0.15, 0.2) is 11.6 Å². The molecule has 2 rings (SSSR count). The molecule has 104 valence electrons. The fourth-order valence-corrected chi connectivity index (χ4v) is 2.45. The number of amides is 1. The summed E-state index contributed by atoms with van der Waals surface area (Å²) in [5.41, 5.74) is 0.761. The molecule has 19 heavy (non-hydrogen) atoms. The number of hydrogen-bond acceptors (Lipinski definition) is 2. The second-order valence-corrected chi connectivity index (χ2v) is 4.91. The Morgan fingerprint density at radius 2 is 2.00 bits per heavy atom. The van der Waals surface area contributed by atoms with E-state index in [2.05, 4.69) is 10.2 Å². The van der Waals surface area contributed by atoms with Gasteiger partial charge in [-0.15, -0.1) is 0 Å². The van der Waals surface area contributed by atoms with Gasteiger partial charge in [-0.3, -0.25) is 9.69 Å². The molecule has 0 radical (unpaired) electrons. The van der Waals surface area contributed by atoms with Gasteiger partial charge >= 0.3 is 0 Å². The Labute approximate surface area is 111 Å². The number of carbonyl (C=O) groups excluding carboxylic acids is 1. The van der Waals surface area contributed by atoms with Crippen LogP contribution in [0.15, 0.2) is 18.2 Å². The third-order valence-corrected chi connectivity index (χ3v) is 3.59. The first-order valence-electron chi connectivity index (χ1n) is 6.48. The lowest BCUT2D eigenvalue weighted by molar-refractivity contribution is -0.125. The Morgan fingerprint density at radius 1 is 1.32 bits per heavy atom. The lowest BCUT2D eigenvalue weighted by Gasteiger charge is -2.31. The quantitative estimate of drug-likeness (QED) is 0.908. The second kappa shape index (κ2) is 6.10. The van der Waals surface area contributed by atoms with E-state index in [4.69, 9.17) is 0 Å². The van der Waals surface area contributed by atoms with E-state index in [1.165, 1.54) is 6.07 Å². The molecule has 1 amide bonds. The summed E-state index contributed by atoms with van der Waals surface area (Å²) in [5.74, 6) is -1.46. The first-order chi connectivity index (χ1) is 9.10. The number of nitrogens with zero attached hydrogens (tertiary/aromatic N) is 1. The summed E-state index contributed by atoms with van der Waals surface area (Å²) in [6.07, 6.45) is 1.62. The van der Waals surface area contributed by atoms with Crippen LogP contribution in [0, 0.1) is 17.6 Å². The summed E-state index contributed by atoms with van der Waals surface area (Å²) < 4.78 is 25.9. The SMILES string of the molecule is CNC(=O)C1CCN(Cc2ccc(F)c(F)c2)CC1. The highest BCUT2D eigenvalue weighted by molar-refractivity contribution is 5.78. The second-order valence-electron chi connectivity index (χ2n) is 4.91. The van der Waals surface area contributed by atoms with E-state index in [1.54, 1.807) is 13.1 Å². The molecule has 1 fully saturated rings. The van der Waals surface area contributed by atoms with E-state index in [-0.39, 0.29) is 11.8 Å². The first kappa shape index (κ1) is 13.9. The van der Waals surface area contributed by atoms with Crippen LogP contribution in [0.25, 0.3) is 0 Å². The van der Waals surface area contributed by atoms with E-state index in [0.29, 0.717) is 6.54 Å². The molecule has 1 aromatic rings. The summed E-state index contributed by atoms with van der Waals surface area (Å²) in [6, 6.07) is 3.99. The van der Waals surface area contributed by atoms with Gasteiger partial charge in [0.1, 0.15) is 0 Å². The van der Waals surface area contributed by atoms with Crippen molar-refractivity contribution in [2.24, 2.45) is 5.92 Å². The molecule has 0 spiro atoms. The summed E-state index contributed by atoms with van der Waals surface area (Å²) >= 11 is 0. The van der Waals surface area contributed by atoms with Crippen molar-refractivity contribution in [3.63, 3.8) is 0 Å². The van der Waals surface area contributed by atoms with E-state index in [9.17, 15) is 13.6 Å². The van der Waals surface area contributed by atoms with Crippen molar-refractivity contribution in [2.75, 3.05) is 20.1 Å². The van der Waals surface area contributed by atoms with Crippen molar-refractivity contribution in [2.45, 2.75) is 19.4 Å². The summed E-state index contributed by atoms with van der Waals surface area (Å²) in [7, 11) is 1.65. The van der Waals surface area contributed by atoms with Crippen molar-refractivity contribution in [1.29, 1.82) is 0 Å². The van der Waals surface area contributed by atoms with E-state index in [1.807, 2.05) is 0 Å². The van der Waals surface area contributed by atoms with Gasteiger partial charge < -0.3 is 5.32 Å². The van der Waals surface area contributed by atoms with Crippen LogP contribution in [0.4, 0.5) is 8.78 Å².